The first-order chi connectivity index (χ1) is 10.7. The smallest absolute Gasteiger partial charge is 0.338 e. The van der Waals surface area contributed by atoms with Gasteiger partial charge in [0.2, 0.25) is 10.0 Å². The van der Waals surface area contributed by atoms with Crippen molar-refractivity contribution in [2.45, 2.75) is 51.0 Å². The summed E-state index contributed by atoms with van der Waals surface area (Å²) in [4.78, 5) is 11.9. The van der Waals surface area contributed by atoms with Gasteiger partial charge in [0.1, 0.15) is 0 Å². The molecule has 7 heteroatoms. The molecule has 0 atom stereocenters. The molecule has 0 radical (unpaired) electrons. The second kappa shape index (κ2) is 7.90. The molecular weight excluding hydrogens is 316 g/mol. The number of esters is 1. The lowest BCUT2D eigenvalue weighted by Gasteiger charge is -2.26. The van der Waals surface area contributed by atoms with E-state index in [4.69, 9.17) is 10.5 Å². The number of nitrogens with one attached hydrogen (secondary N) is 1. The maximum absolute atomic E-state index is 12.5. The van der Waals surface area contributed by atoms with Crippen LogP contribution in [0.3, 0.4) is 0 Å². The fourth-order valence-electron chi connectivity index (χ4n) is 2.05. The SMILES string of the molecule is CCOC(=O)c1ccc(C)c(S(=O)(=O)NCC(N)(CC)CC)c1. The first-order valence-electron chi connectivity index (χ1n) is 7.75. The van der Waals surface area contributed by atoms with Crippen LogP contribution in [0.5, 0.6) is 0 Å². The molecule has 1 aromatic carbocycles. The number of carbonyl (C=O) groups excluding carboxylic acids is 1. The monoisotopic (exact) mass is 342 g/mol. The number of aryl methyl sites for hydroxylation is 1. The van der Waals surface area contributed by atoms with E-state index < -0.39 is 21.5 Å². The molecule has 0 fully saturated rings. The van der Waals surface area contributed by atoms with Crippen LogP contribution in [0.1, 0.15) is 49.5 Å². The van der Waals surface area contributed by atoms with Gasteiger partial charge in [-0.15, -0.1) is 0 Å². The highest BCUT2D eigenvalue weighted by molar-refractivity contribution is 7.89. The van der Waals surface area contributed by atoms with Crippen molar-refractivity contribution in [3.05, 3.63) is 29.3 Å². The Hall–Kier alpha value is -1.44. The van der Waals surface area contributed by atoms with Crippen LogP contribution in [-0.2, 0) is 14.8 Å². The van der Waals surface area contributed by atoms with E-state index in [0.29, 0.717) is 18.4 Å². The number of ether oxygens (including phenoxy) is 1. The Bertz CT molecular complexity index is 652. The minimum Gasteiger partial charge on any atom is -0.462 e. The normalized spacial score (nSPS) is 12.2. The Balaban J connectivity index is 3.08. The van der Waals surface area contributed by atoms with Crippen molar-refractivity contribution >= 4 is 16.0 Å². The van der Waals surface area contributed by atoms with E-state index in [0.717, 1.165) is 0 Å². The van der Waals surface area contributed by atoms with Gasteiger partial charge in [0.05, 0.1) is 17.1 Å². The summed E-state index contributed by atoms with van der Waals surface area (Å²) < 4.78 is 32.6. The highest BCUT2D eigenvalue weighted by atomic mass is 32.2. The molecule has 0 aromatic heterocycles. The average molecular weight is 342 g/mol. The van der Waals surface area contributed by atoms with Crippen molar-refractivity contribution in [1.29, 1.82) is 0 Å². The summed E-state index contributed by atoms with van der Waals surface area (Å²) in [7, 11) is -3.75. The Labute approximate surface area is 138 Å². The highest BCUT2D eigenvalue weighted by Gasteiger charge is 2.25. The van der Waals surface area contributed by atoms with Crippen molar-refractivity contribution in [3.8, 4) is 0 Å². The number of sulfonamides is 1. The van der Waals surface area contributed by atoms with Crippen molar-refractivity contribution in [2.24, 2.45) is 5.73 Å². The summed E-state index contributed by atoms with van der Waals surface area (Å²) in [5, 5.41) is 0. The second-order valence-electron chi connectivity index (χ2n) is 5.59. The number of hydrogen-bond donors (Lipinski definition) is 2. The fourth-order valence-corrected chi connectivity index (χ4v) is 3.45. The zero-order valence-electron chi connectivity index (χ0n) is 14.2. The largest absolute Gasteiger partial charge is 0.462 e. The fraction of sp³-hybridized carbons (Fsp3) is 0.562. The topological polar surface area (TPSA) is 98.5 Å². The third-order valence-corrected chi connectivity index (χ3v) is 5.55. The molecule has 1 aromatic rings. The standard InChI is InChI=1S/C16H26N2O4S/c1-5-16(17,6-2)11-18-23(20,21)14-10-13(9-8-12(14)4)15(19)22-7-3/h8-10,18H,5-7,11,17H2,1-4H3. The molecule has 0 aliphatic rings. The molecule has 0 aliphatic heterocycles. The van der Waals surface area contributed by atoms with Crippen molar-refractivity contribution in [3.63, 3.8) is 0 Å². The number of carbonyl (C=O) groups is 1. The molecule has 1 rings (SSSR count). The van der Waals surface area contributed by atoms with E-state index in [1.165, 1.54) is 6.07 Å². The van der Waals surface area contributed by atoms with E-state index in [-0.39, 0.29) is 23.6 Å². The zero-order chi connectivity index (χ0) is 17.7. The molecule has 0 saturated carbocycles. The summed E-state index contributed by atoms with van der Waals surface area (Å²) in [6.07, 6.45) is 1.32. The maximum atomic E-state index is 12.5. The lowest BCUT2D eigenvalue weighted by Crippen LogP contribution is -2.49. The van der Waals surface area contributed by atoms with Crippen LogP contribution in [0.15, 0.2) is 23.1 Å². The van der Waals surface area contributed by atoms with Crippen molar-refractivity contribution in [2.75, 3.05) is 13.2 Å². The summed E-state index contributed by atoms with van der Waals surface area (Å²) in [5.74, 6) is -0.542. The molecule has 6 nitrogen and oxygen atoms in total. The quantitative estimate of drug-likeness (QED) is 0.704. The van der Waals surface area contributed by atoms with E-state index >= 15 is 0 Å². The molecule has 0 bridgehead atoms. The van der Waals surface area contributed by atoms with Gasteiger partial charge in [-0.1, -0.05) is 19.9 Å². The van der Waals surface area contributed by atoms with Gasteiger partial charge in [-0.2, -0.15) is 0 Å². The van der Waals surface area contributed by atoms with Crippen LogP contribution >= 0.6 is 0 Å². The van der Waals surface area contributed by atoms with Gasteiger partial charge in [-0.05, 0) is 44.4 Å². The highest BCUT2D eigenvalue weighted by Crippen LogP contribution is 2.19. The van der Waals surface area contributed by atoms with Gasteiger partial charge in [0, 0.05) is 12.1 Å². The lowest BCUT2D eigenvalue weighted by molar-refractivity contribution is 0.0526. The van der Waals surface area contributed by atoms with Crippen LogP contribution in [-0.4, -0.2) is 33.1 Å². The van der Waals surface area contributed by atoms with E-state index in [9.17, 15) is 13.2 Å². The van der Waals surface area contributed by atoms with Crippen LogP contribution in [0.2, 0.25) is 0 Å². The van der Waals surface area contributed by atoms with E-state index in [2.05, 4.69) is 4.72 Å². The van der Waals surface area contributed by atoms with Crippen LogP contribution in [0.25, 0.3) is 0 Å². The third kappa shape index (κ3) is 5.02. The minimum absolute atomic E-state index is 0.0672. The Morgan fingerprint density at radius 2 is 1.87 bits per heavy atom. The van der Waals surface area contributed by atoms with Gasteiger partial charge >= 0.3 is 5.97 Å². The third-order valence-electron chi connectivity index (χ3n) is 4.01. The zero-order valence-corrected chi connectivity index (χ0v) is 15.0. The Morgan fingerprint density at radius 1 is 1.26 bits per heavy atom. The molecule has 130 valence electrons. The van der Waals surface area contributed by atoms with Crippen LogP contribution < -0.4 is 10.5 Å². The second-order valence-corrected chi connectivity index (χ2v) is 7.33. The van der Waals surface area contributed by atoms with Gasteiger partial charge < -0.3 is 10.5 Å². The lowest BCUT2D eigenvalue weighted by atomic mass is 9.95. The molecule has 3 N–H and O–H groups in total. The first kappa shape index (κ1) is 19.6. The van der Waals surface area contributed by atoms with E-state index in [1.54, 1.807) is 26.0 Å². The molecule has 0 aliphatic carbocycles. The summed E-state index contributed by atoms with van der Waals surface area (Å²) in [6.45, 7) is 7.59. The molecular formula is C16H26N2O4S. The number of rotatable bonds is 8. The minimum atomic E-state index is -3.75. The van der Waals surface area contributed by atoms with Crippen molar-refractivity contribution < 1.29 is 17.9 Å². The molecule has 0 heterocycles. The molecule has 23 heavy (non-hydrogen) atoms. The number of nitrogens with two attached hydrogens (primary N) is 1. The predicted octanol–water partition coefficient (Wildman–Crippen LogP) is 1.97. The van der Waals surface area contributed by atoms with Gasteiger partial charge in [-0.3, -0.25) is 0 Å². The van der Waals surface area contributed by atoms with Gasteiger partial charge in [-0.25, -0.2) is 17.9 Å². The molecule has 0 unspecified atom stereocenters. The van der Waals surface area contributed by atoms with Crippen LogP contribution in [0, 0.1) is 6.92 Å². The summed E-state index contributed by atoms with van der Waals surface area (Å²) >= 11 is 0. The van der Waals surface area contributed by atoms with E-state index in [1.807, 2.05) is 13.8 Å². The predicted molar refractivity (Wildman–Crippen MR) is 89.8 cm³/mol. The number of hydrogen-bond acceptors (Lipinski definition) is 5. The maximum Gasteiger partial charge on any atom is 0.338 e. The number of benzene rings is 1. The summed E-state index contributed by atoms with van der Waals surface area (Å²) in [5.41, 5.74) is 6.32. The molecule has 0 spiro atoms. The average Bonchev–Trinajstić information content (AvgIpc) is 2.53. The van der Waals surface area contributed by atoms with Gasteiger partial charge in [0.25, 0.3) is 0 Å². The first-order valence-corrected chi connectivity index (χ1v) is 9.23. The molecule has 0 amide bonds. The summed E-state index contributed by atoms with van der Waals surface area (Å²) in [6, 6.07) is 4.49. The van der Waals surface area contributed by atoms with Crippen molar-refractivity contribution in [1.82, 2.24) is 4.72 Å². The van der Waals surface area contributed by atoms with Gasteiger partial charge in [0.15, 0.2) is 0 Å². The Kier molecular flexibility index (Phi) is 6.73. The Morgan fingerprint density at radius 3 is 2.39 bits per heavy atom. The van der Waals surface area contributed by atoms with Crippen LogP contribution in [0.4, 0.5) is 0 Å². The molecule has 0 saturated heterocycles.